The van der Waals surface area contributed by atoms with Gasteiger partial charge >= 0.3 is 0 Å². The molecule has 5 aromatic rings. The van der Waals surface area contributed by atoms with Gasteiger partial charge in [-0.15, -0.1) is 0 Å². The van der Waals surface area contributed by atoms with Gasteiger partial charge in [-0.2, -0.15) is 4.57 Å². The van der Waals surface area contributed by atoms with Crippen molar-refractivity contribution < 1.29 is 25.5 Å². The maximum Gasteiger partial charge on any atom is 0.265 e. The lowest BCUT2D eigenvalue weighted by atomic mass is 10.0. The molecule has 1 aliphatic heterocycles. The summed E-state index contributed by atoms with van der Waals surface area (Å²) in [6.07, 6.45) is 2.35. The zero-order valence-corrected chi connectivity index (χ0v) is 26.0. The van der Waals surface area contributed by atoms with Crippen molar-refractivity contribution in [2.75, 3.05) is 51.0 Å². The van der Waals surface area contributed by atoms with Gasteiger partial charge < -0.3 is 25.8 Å². The van der Waals surface area contributed by atoms with Crippen molar-refractivity contribution in [3.8, 4) is 22.3 Å². The van der Waals surface area contributed by atoms with E-state index in [2.05, 4.69) is 124 Å². The second-order valence-corrected chi connectivity index (χ2v) is 12.5. The minimum absolute atomic E-state index is 0.647. The van der Waals surface area contributed by atoms with Crippen LogP contribution in [0.5, 0.6) is 0 Å². The standard InChI is InChI=1S/C35H37N4O2S2/c36-15-19-40-21-17-38-30-23-28(26-7-3-1-4-8-26)11-13-32(30)42-34(38)25-35-39(18-22-41-20-16-37)31-24-29(12-14-33(31)43-35)27-9-5-2-6-10-27/h1-14,23-25H,15-22,36-37H2/q+1/p+2. The summed E-state index contributed by atoms with van der Waals surface area (Å²) in [4.78, 5) is 3.68. The molecule has 0 saturated carbocycles. The molecule has 0 atom stereocenters. The average molecular weight is 612 g/mol. The zero-order chi connectivity index (χ0) is 29.4. The summed E-state index contributed by atoms with van der Waals surface area (Å²) in [6, 6.07) is 34.8. The van der Waals surface area contributed by atoms with Crippen LogP contribution < -0.4 is 20.9 Å². The van der Waals surface area contributed by atoms with E-state index in [9.17, 15) is 0 Å². The van der Waals surface area contributed by atoms with Gasteiger partial charge in [-0.05, 0) is 40.5 Å². The molecule has 1 aliphatic rings. The minimum Gasteiger partial charge on any atom is -0.374 e. The predicted octanol–water partition coefficient (Wildman–Crippen LogP) is 4.95. The molecule has 0 unspecified atom stereocenters. The smallest absolute Gasteiger partial charge is 0.265 e. The van der Waals surface area contributed by atoms with E-state index in [0.29, 0.717) is 26.4 Å². The van der Waals surface area contributed by atoms with Crippen LogP contribution in [0.2, 0.25) is 0 Å². The molecule has 0 amide bonds. The fourth-order valence-electron chi connectivity index (χ4n) is 5.32. The summed E-state index contributed by atoms with van der Waals surface area (Å²) in [6.45, 7) is 5.74. The minimum atomic E-state index is 0.647. The highest BCUT2D eigenvalue weighted by Crippen LogP contribution is 2.48. The van der Waals surface area contributed by atoms with Crippen molar-refractivity contribution in [3.63, 3.8) is 0 Å². The van der Waals surface area contributed by atoms with Crippen molar-refractivity contribution in [2.24, 2.45) is 0 Å². The number of thioether (sulfide) groups is 1. The van der Waals surface area contributed by atoms with Crippen LogP contribution in [0.3, 0.4) is 0 Å². The van der Waals surface area contributed by atoms with Crippen LogP contribution in [0.15, 0.2) is 107 Å². The van der Waals surface area contributed by atoms with Gasteiger partial charge in [0.25, 0.3) is 5.01 Å². The predicted molar refractivity (Wildman–Crippen MR) is 178 cm³/mol. The van der Waals surface area contributed by atoms with E-state index in [-0.39, 0.29) is 0 Å². The molecule has 0 aliphatic carbocycles. The number of anilines is 1. The SMILES string of the molecule is [NH3+]CCOCCN1C(=Cc2sc3ccc(-c4ccccc4)cc3[n+]2CCOCC[NH3+])Sc2ccc(-c3ccccc3)cc21. The van der Waals surface area contributed by atoms with Crippen LogP contribution in [-0.4, -0.2) is 46.1 Å². The lowest BCUT2D eigenvalue weighted by molar-refractivity contribution is -0.670. The topological polar surface area (TPSA) is 80.9 Å². The van der Waals surface area contributed by atoms with Crippen molar-refractivity contribution in [2.45, 2.75) is 11.4 Å². The quantitative estimate of drug-likeness (QED) is 0.146. The first-order chi connectivity index (χ1) is 21.2. The van der Waals surface area contributed by atoms with Gasteiger partial charge in [0, 0.05) is 17.5 Å². The van der Waals surface area contributed by atoms with E-state index >= 15 is 0 Å². The third-order valence-electron chi connectivity index (χ3n) is 7.42. The molecule has 0 radical (unpaired) electrons. The first-order valence-electron chi connectivity index (χ1n) is 14.9. The van der Waals surface area contributed by atoms with Crippen LogP contribution in [0.4, 0.5) is 5.69 Å². The van der Waals surface area contributed by atoms with E-state index in [1.165, 1.54) is 53.1 Å². The number of thiazole rings is 1. The summed E-state index contributed by atoms with van der Waals surface area (Å²) < 4.78 is 15.5. The fraction of sp³-hybridized carbons (Fsp3) is 0.229. The molecule has 0 bridgehead atoms. The molecule has 1 aromatic heterocycles. The van der Waals surface area contributed by atoms with Crippen LogP contribution in [0, 0.1) is 0 Å². The number of hydrogen-bond donors (Lipinski definition) is 2. The highest BCUT2D eigenvalue weighted by Gasteiger charge is 2.28. The van der Waals surface area contributed by atoms with Gasteiger partial charge in [0.1, 0.15) is 11.3 Å². The maximum absolute atomic E-state index is 5.91. The lowest BCUT2D eigenvalue weighted by Gasteiger charge is -2.20. The highest BCUT2D eigenvalue weighted by molar-refractivity contribution is 8.03. The van der Waals surface area contributed by atoms with Crippen LogP contribution in [0.1, 0.15) is 5.01 Å². The molecule has 6 rings (SSSR count). The number of hydrogen-bond acceptors (Lipinski definition) is 5. The van der Waals surface area contributed by atoms with Crippen molar-refractivity contribution >= 4 is 45.1 Å². The number of benzene rings is 4. The third-order valence-corrected chi connectivity index (χ3v) is 9.64. The highest BCUT2D eigenvalue weighted by atomic mass is 32.2. The van der Waals surface area contributed by atoms with Gasteiger partial charge in [0.05, 0.1) is 49.7 Å². The Hall–Kier alpha value is -3.50. The number of quaternary nitrogens is 2. The zero-order valence-electron chi connectivity index (χ0n) is 24.4. The normalized spacial score (nSPS) is 13.7. The summed E-state index contributed by atoms with van der Waals surface area (Å²) in [7, 11) is 0. The molecule has 2 heterocycles. The Kier molecular flexibility index (Phi) is 9.84. The largest absolute Gasteiger partial charge is 0.374 e. The lowest BCUT2D eigenvalue weighted by Crippen LogP contribution is -2.52. The van der Waals surface area contributed by atoms with Crippen molar-refractivity contribution in [1.82, 2.24) is 0 Å². The number of nitrogens with zero attached hydrogens (tertiary/aromatic N) is 2. The summed E-state index contributed by atoms with van der Waals surface area (Å²) in [5.74, 6) is 0. The van der Waals surface area contributed by atoms with Gasteiger partial charge in [-0.3, -0.25) is 0 Å². The first kappa shape index (κ1) is 29.6. The molecule has 6 N–H and O–H groups in total. The third kappa shape index (κ3) is 6.86. The number of ether oxygens (including phenoxy) is 2. The molecule has 8 heteroatoms. The summed E-state index contributed by atoms with van der Waals surface area (Å²) in [5.41, 5.74) is 15.2. The van der Waals surface area contributed by atoms with Crippen molar-refractivity contribution in [3.05, 3.63) is 107 Å². The molecule has 0 fully saturated rings. The Bertz CT molecular complexity index is 1690. The molecule has 220 valence electrons. The van der Waals surface area contributed by atoms with Gasteiger partial charge in [-0.25, -0.2) is 0 Å². The molecular weight excluding hydrogens is 573 g/mol. The average Bonchev–Trinajstić information content (AvgIpc) is 3.58. The monoisotopic (exact) mass is 611 g/mol. The molecule has 43 heavy (non-hydrogen) atoms. The number of rotatable bonds is 13. The Morgan fingerprint density at radius 1 is 0.698 bits per heavy atom. The number of aromatic nitrogens is 1. The van der Waals surface area contributed by atoms with E-state index < -0.39 is 0 Å². The van der Waals surface area contributed by atoms with Crippen molar-refractivity contribution in [1.29, 1.82) is 0 Å². The second-order valence-electron chi connectivity index (χ2n) is 10.4. The molecule has 4 aromatic carbocycles. The number of fused-ring (bicyclic) bond motifs is 2. The van der Waals surface area contributed by atoms with Gasteiger partial charge in [-0.1, -0.05) is 95.9 Å². The Morgan fingerprint density at radius 2 is 1.35 bits per heavy atom. The van der Waals surface area contributed by atoms with Gasteiger partial charge in [0.2, 0.25) is 5.52 Å². The first-order valence-corrected chi connectivity index (χ1v) is 16.5. The van der Waals surface area contributed by atoms with E-state index in [0.717, 1.165) is 26.2 Å². The Labute approximate surface area is 261 Å². The summed E-state index contributed by atoms with van der Waals surface area (Å²) >= 11 is 3.66. The van der Waals surface area contributed by atoms with Crippen LogP contribution >= 0.6 is 23.1 Å². The summed E-state index contributed by atoms with van der Waals surface area (Å²) in [5, 5.41) is 2.42. The fourth-order valence-corrected chi connectivity index (χ4v) is 7.61. The molecule has 0 saturated heterocycles. The van der Waals surface area contributed by atoms with E-state index in [1.807, 2.05) is 23.1 Å². The second kappa shape index (κ2) is 14.3. The Balaban J connectivity index is 1.39. The van der Waals surface area contributed by atoms with Crippen LogP contribution in [0.25, 0.3) is 38.5 Å². The van der Waals surface area contributed by atoms with E-state index in [4.69, 9.17) is 9.47 Å². The Morgan fingerprint density at radius 3 is 2.05 bits per heavy atom. The molecule has 6 nitrogen and oxygen atoms in total. The van der Waals surface area contributed by atoms with E-state index in [1.54, 1.807) is 0 Å². The molecular formula is C35H39N4O2S2+3. The molecule has 0 spiro atoms. The van der Waals surface area contributed by atoms with Gasteiger partial charge in [0.15, 0.2) is 6.54 Å². The maximum atomic E-state index is 5.91. The van der Waals surface area contributed by atoms with Crippen LogP contribution in [-0.2, 0) is 16.0 Å².